The minimum atomic E-state index is -0.676. The summed E-state index contributed by atoms with van der Waals surface area (Å²) >= 11 is 5.91. The van der Waals surface area contributed by atoms with E-state index in [4.69, 9.17) is 21.1 Å². The molecule has 1 aliphatic heterocycles. The molecular weight excluding hydrogens is 363 g/mol. The molecule has 1 saturated heterocycles. The Morgan fingerprint density at radius 3 is 2.85 bits per heavy atom. The Bertz CT molecular complexity index is 702. The Balaban J connectivity index is 1.61. The zero-order valence-electron chi connectivity index (χ0n) is 15.1. The van der Waals surface area contributed by atoms with Crippen LogP contribution in [0.25, 0.3) is 0 Å². The lowest BCUT2D eigenvalue weighted by molar-refractivity contribution is -0.142. The number of aliphatic hydroxyl groups excluding tert-OH is 1. The minimum absolute atomic E-state index is 0.00258. The normalized spacial score (nSPS) is 29.5. The number of hydrogen-bond acceptors (Lipinski definition) is 4. The van der Waals surface area contributed by atoms with Crippen LogP contribution in [-0.4, -0.2) is 53.7 Å². The highest BCUT2D eigenvalue weighted by Crippen LogP contribution is 2.52. The zero-order chi connectivity index (χ0) is 19.1. The Labute approximate surface area is 157 Å². The van der Waals surface area contributed by atoms with E-state index < -0.39 is 17.1 Å². The highest BCUT2D eigenvalue weighted by atomic mass is 35.5. The number of nitrogens with one attached hydrogen (secondary N) is 1. The summed E-state index contributed by atoms with van der Waals surface area (Å²) in [6, 6.07) is 4.09. The van der Waals surface area contributed by atoms with Crippen LogP contribution in [0.15, 0.2) is 18.2 Å². The molecule has 8 heteroatoms. The largest absolute Gasteiger partial charge is 0.394 e. The molecule has 1 heterocycles. The molecule has 1 saturated carbocycles. The predicted octanol–water partition coefficient (Wildman–Crippen LogP) is 2.52. The molecule has 6 nitrogen and oxygen atoms in total. The van der Waals surface area contributed by atoms with Crippen molar-refractivity contribution in [2.75, 3.05) is 20.3 Å². The summed E-state index contributed by atoms with van der Waals surface area (Å²) in [5.74, 6) is -1.17. The van der Waals surface area contributed by atoms with Gasteiger partial charge in [0.05, 0.1) is 29.9 Å². The number of hydrogen-bond donors (Lipinski definition) is 2. The maximum atomic E-state index is 13.5. The van der Waals surface area contributed by atoms with Gasteiger partial charge in [0, 0.05) is 19.5 Å². The van der Waals surface area contributed by atoms with Gasteiger partial charge in [0.1, 0.15) is 5.82 Å². The molecule has 26 heavy (non-hydrogen) atoms. The molecule has 2 unspecified atom stereocenters. The molecule has 2 aliphatic rings. The number of likely N-dealkylation sites (N-methyl/N-ethyl adjacent to an activating group) is 1. The van der Waals surface area contributed by atoms with Crippen molar-refractivity contribution in [3.63, 3.8) is 0 Å². The summed E-state index contributed by atoms with van der Waals surface area (Å²) in [7, 11) is 1.64. The number of benzene rings is 1. The smallest absolute Gasteiger partial charge is 0.317 e. The van der Waals surface area contributed by atoms with Gasteiger partial charge >= 0.3 is 6.03 Å². The summed E-state index contributed by atoms with van der Waals surface area (Å²) in [5, 5.41) is 12.6. The lowest BCUT2D eigenvalue weighted by Crippen LogP contribution is -2.49. The second-order valence-electron chi connectivity index (χ2n) is 7.37. The number of nitrogens with zero attached hydrogens (tertiary/aromatic N) is 1. The molecule has 144 valence electrons. The topological polar surface area (TPSA) is 71.0 Å². The maximum absolute atomic E-state index is 13.5. The van der Waals surface area contributed by atoms with Crippen molar-refractivity contribution in [1.82, 2.24) is 10.2 Å². The third kappa shape index (κ3) is 3.53. The van der Waals surface area contributed by atoms with Gasteiger partial charge in [-0.1, -0.05) is 23.7 Å². The quantitative estimate of drug-likeness (QED) is 0.815. The fraction of sp³-hybridized carbons (Fsp3) is 0.611. The van der Waals surface area contributed by atoms with Gasteiger partial charge in [-0.2, -0.15) is 0 Å². The van der Waals surface area contributed by atoms with Gasteiger partial charge in [0.2, 0.25) is 0 Å². The van der Waals surface area contributed by atoms with Gasteiger partial charge in [-0.05, 0) is 31.9 Å². The number of amides is 2. The summed E-state index contributed by atoms with van der Waals surface area (Å²) < 4.78 is 24.9. The monoisotopic (exact) mass is 386 g/mol. The molecule has 0 spiro atoms. The summed E-state index contributed by atoms with van der Waals surface area (Å²) in [6.45, 7) is 4.06. The van der Waals surface area contributed by atoms with Crippen LogP contribution >= 0.6 is 11.6 Å². The van der Waals surface area contributed by atoms with Gasteiger partial charge in [-0.15, -0.1) is 0 Å². The van der Waals surface area contributed by atoms with Gasteiger partial charge < -0.3 is 24.8 Å². The molecule has 2 N–H and O–H groups in total. The number of carbonyl (C=O) groups excluding carboxylic acids is 1. The summed E-state index contributed by atoms with van der Waals surface area (Å²) in [5.41, 5.74) is -0.183. The van der Waals surface area contributed by atoms with Crippen molar-refractivity contribution in [3.05, 3.63) is 34.6 Å². The maximum Gasteiger partial charge on any atom is 0.317 e. The van der Waals surface area contributed by atoms with Crippen molar-refractivity contribution in [3.8, 4) is 0 Å². The number of rotatable bonds is 5. The van der Waals surface area contributed by atoms with Crippen LogP contribution in [-0.2, 0) is 16.0 Å². The Morgan fingerprint density at radius 2 is 2.23 bits per heavy atom. The SMILES string of the molecule is CN(C(=O)NCc1cccc(F)c1Cl)C1(CO)CC1[C@@H]1COC(C)(C)O1. The van der Waals surface area contributed by atoms with Crippen molar-refractivity contribution in [1.29, 1.82) is 0 Å². The molecule has 0 radical (unpaired) electrons. The molecule has 2 amide bonds. The molecule has 2 fully saturated rings. The van der Waals surface area contributed by atoms with Crippen molar-refractivity contribution in [2.45, 2.75) is 44.2 Å². The lowest BCUT2D eigenvalue weighted by atomic mass is 10.1. The van der Waals surface area contributed by atoms with E-state index in [0.29, 0.717) is 18.6 Å². The highest BCUT2D eigenvalue weighted by Gasteiger charge is 2.63. The number of halogens is 2. The minimum Gasteiger partial charge on any atom is -0.394 e. The van der Waals surface area contributed by atoms with E-state index in [1.54, 1.807) is 13.1 Å². The van der Waals surface area contributed by atoms with E-state index in [1.807, 2.05) is 13.8 Å². The molecule has 3 atom stereocenters. The summed E-state index contributed by atoms with van der Waals surface area (Å²) in [4.78, 5) is 14.0. The van der Waals surface area contributed by atoms with Crippen LogP contribution in [0.3, 0.4) is 0 Å². The number of aliphatic hydroxyl groups is 1. The van der Waals surface area contributed by atoms with Crippen molar-refractivity contribution in [2.24, 2.45) is 5.92 Å². The van der Waals surface area contributed by atoms with Gasteiger partial charge in [-0.3, -0.25) is 0 Å². The van der Waals surface area contributed by atoms with Crippen molar-refractivity contribution >= 4 is 17.6 Å². The van der Waals surface area contributed by atoms with E-state index in [0.717, 1.165) is 0 Å². The van der Waals surface area contributed by atoms with Gasteiger partial charge in [0.25, 0.3) is 0 Å². The van der Waals surface area contributed by atoms with E-state index in [1.165, 1.54) is 17.0 Å². The van der Waals surface area contributed by atoms with Crippen LogP contribution < -0.4 is 5.32 Å². The molecule has 0 bridgehead atoms. The molecule has 3 rings (SSSR count). The molecule has 1 aromatic carbocycles. The Kier molecular flexibility index (Phi) is 5.18. The molecule has 1 aromatic rings. The van der Waals surface area contributed by atoms with Gasteiger partial charge in [0.15, 0.2) is 5.79 Å². The average molecular weight is 387 g/mol. The van der Waals surface area contributed by atoms with Crippen LogP contribution in [0.2, 0.25) is 5.02 Å². The van der Waals surface area contributed by atoms with Gasteiger partial charge in [-0.25, -0.2) is 9.18 Å². The van der Waals surface area contributed by atoms with E-state index in [9.17, 15) is 14.3 Å². The fourth-order valence-electron chi connectivity index (χ4n) is 3.56. The first-order valence-electron chi connectivity index (χ1n) is 8.57. The second kappa shape index (κ2) is 6.96. The second-order valence-corrected chi connectivity index (χ2v) is 7.75. The average Bonchev–Trinajstić information content (AvgIpc) is 3.25. The zero-order valence-corrected chi connectivity index (χ0v) is 15.8. The van der Waals surface area contributed by atoms with E-state index in [-0.39, 0.29) is 36.2 Å². The first kappa shape index (κ1) is 19.4. The van der Waals surface area contributed by atoms with Crippen LogP contribution in [0.1, 0.15) is 25.8 Å². The summed E-state index contributed by atoms with van der Waals surface area (Å²) in [6.07, 6.45) is 0.475. The van der Waals surface area contributed by atoms with Crippen LogP contribution in [0.4, 0.5) is 9.18 Å². The van der Waals surface area contributed by atoms with Crippen LogP contribution in [0.5, 0.6) is 0 Å². The third-order valence-electron chi connectivity index (χ3n) is 5.29. The molecule has 1 aliphatic carbocycles. The van der Waals surface area contributed by atoms with E-state index in [2.05, 4.69) is 5.32 Å². The fourth-order valence-corrected chi connectivity index (χ4v) is 3.76. The number of ether oxygens (including phenoxy) is 2. The number of carbonyl (C=O) groups is 1. The predicted molar refractivity (Wildman–Crippen MR) is 94.2 cm³/mol. The first-order chi connectivity index (χ1) is 12.2. The molecular formula is C18H24ClFN2O4. The van der Waals surface area contributed by atoms with Crippen molar-refractivity contribution < 1.29 is 23.8 Å². The highest BCUT2D eigenvalue weighted by molar-refractivity contribution is 6.31. The Hall–Kier alpha value is -1.41. The molecule has 0 aromatic heterocycles. The number of urea groups is 1. The standard InChI is InChI=1S/C18H24ClFN2O4/c1-17(2)25-9-14(26-17)12-7-18(12,10-23)22(3)16(24)21-8-11-5-4-6-13(20)15(11)19/h4-6,12,14,23H,7-10H2,1-3H3,(H,21,24)/t12?,14-,18?/m0/s1. The lowest BCUT2D eigenvalue weighted by Gasteiger charge is -2.29. The van der Waals surface area contributed by atoms with E-state index >= 15 is 0 Å². The Morgan fingerprint density at radius 1 is 1.50 bits per heavy atom. The van der Waals surface area contributed by atoms with Crippen LogP contribution in [0, 0.1) is 11.7 Å². The first-order valence-corrected chi connectivity index (χ1v) is 8.95. The third-order valence-corrected chi connectivity index (χ3v) is 5.71.